The Morgan fingerprint density at radius 3 is 1.43 bits per heavy atom. The molecule has 0 bridgehead atoms. The Kier molecular flexibility index (Phi) is 44.2. The van der Waals surface area contributed by atoms with Gasteiger partial charge in [0, 0.05) is 12.8 Å². The quantitative estimate of drug-likeness (QED) is 0.0325. The van der Waals surface area contributed by atoms with Crippen LogP contribution in [0, 0.1) is 0 Å². The number of aliphatic hydroxyl groups is 2. The van der Waals surface area contributed by atoms with E-state index in [-0.39, 0.29) is 18.5 Å². The number of allylic oxidation sites excluding steroid dienone is 5. The average molecular weight is 788 g/mol. The largest absolute Gasteiger partial charge is 0.466 e. The van der Waals surface area contributed by atoms with Crippen LogP contribution in [0.5, 0.6) is 0 Å². The molecule has 0 aliphatic carbocycles. The summed E-state index contributed by atoms with van der Waals surface area (Å²) in [5, 5.41) is 23.0. The highest BCUT2D eigenvalue weighted by molar-refractivity contribution is 5.76. The molecule has 2 unspecified atom stereocenters. The summed E-state index contributed by atoms with van der Waals surface area (Å²) in [5.74, 6) is -0.140. The number of carbonyl (C=O) groups is 2. The predicted molar refractivity (Wildman–Crippen MR) is 241 cm³/mol. The summed E-state index contributed by atoms with van der Waals surface area (Å²) >= 11 is 0. The van der Waals surface area contributed by atoms with Crippen molar-refractivity contribution in [3.8, 4) is 0 Å². The third-order valence-corrected chi connectivity index (χ3v) is 10.9. The smallest absolute Gasteiger partial charge is 0.305 e. The van der Waals surface area contributed by atoms with Gasteiger partial charge in [-0.15, -0.1) is 0 Å². The lowest BCUT2D eigenvalue weighted by molar-refractivity contribution is -0.143. The number of hydrogen-bond acceptors (Lipinski definition) is 5. The fourth-order valence-electron chi connectivity index (χ4n) is 7.14. The van der Waals surface area contributed by atoms with Gasteiger partial charge in [0.2, 0.25) is 5.91 Å². The third kappa shape index (κ3) is 41.7. The molecule has 0 aliphatic rings. The molecule has 0 aromatic heterocycles. The molecule has 56 heavy (non-hydrogen) atoms. The third-order valence-electron chi connectivity index (χ3n) is 10.9. The number of carbonyl (C=O) groups excluding carboxylic acids is 2. The van der Waals surface area contributed by atoms with Gasteiger partial charge in [0.1, 0.15) is 0 Å². The molecule has 0 aromatic carbocycles. The van der Waals surface area contributed by atoms with Crippen LogP contribution < -0.4 is 5.32 Å². The van der Waals surface area contributed by atoms with Crippen molar-refractivity contribution in [3.63, 3.8) is 0 Å². The minimum absolute atomic E-state index is 0.0432. The highest BCUT2D eigenvalue weighted by atomic mass is 16.5. The second-order valence-electron chi connectivity index (χ2n) is 16.4. The first-order valence-corrected chi connectivity index (χ1v) is 24.3. The zero-order valence-electron chi connectivity index (χ0n) is 37.1. The van der Waals surface area contributed by atoms with E-state index in [2.05, 4.69) is 43.5 Å². The van der Waals surface area contributed by atoms with Crippen molar-refractivity contribution in [3.05, 3.63) is 36.5 Å². The van der Waals surface area contributed by atoms with Crippen LogP contribution in [-0.4, -0.2) is 47.4 Å². The summed E-state index contributed by atoms with van der Waals surface area (Å²) in [6.07, 6.45) is 54.2. The van der Waals surface area contributed by atoms with Gasteiger partial charge in [-0.3, -0.25) is 9.59 Å². The summed E-state index contributed by atoms with van der Waals surface area (Å²) in [4.78, 5) is 24.4. The second-order valence-corrected chi connectivity index (χ2v) is 16.4. The van der Waals surface area contributed by atoms with Crippen molar-refractivity contribution >= 4 is 11.9 Å². The Balaban J connectivity index is 3.56. The minimum Gasteiger partial charge on any atom is -0.466 e. The van der Waals surface area contributed by atoms with E-state index in [1.54, 1.807) is 6.08 Å². The van der Waals surface area contributed by atoms with Crippen LogP contribution in [0.4, 0.5) is 0 Å². The summed E-state index contributed by atoms with van der Waals surface area (Å²) in [6, 6.07) is -0.649. The summed E-state index contributed by atoms with van der Waals surface area (Å²) in [7, 11) is 0. The van der Waals surface area contributed by atoms with Crippen LogP contribution in [0.2, 0.25) is 0 Å². The van der Waals surface area contributed by atoms with Gasteiger partial charge in [0.15, 0.2) is 0 Å². The zero-order chi connectivity index (χ0) is 40.8. The number of rotatable bonds is 44. The molecular formula is C50H93NO5. The Morgan fingerprint density at radius 1 is 0.500 bits per heavy atom. The molecule has 0 saturated carbocycles. The van der Waals surface area contributed by atoms with E-state index in [4.69, 9.17) is 4.74 Å². The molecule has 0 heterocycles. The fraction of sp³-hybridized carbons (Fsp3) is 0.840. The molecule has 3 N–H and O–H groups in total. The van der Waals surface area contributed by atoms with Crippen molar-refractivity contribution in [1.29, 1.82) is 0 Å². The SMILES string of the molecule is CCC/C=C\C/C=C\CCCCCCCC(=O)OCCCCCCCCCCCC(=O)NC(CO)C(O)/C=C/CCCCCCCCCCCCCCCCC. The summed E-state index contributed by atoms with van der Waals surface area (Å²) in [6.45, 7) is 4.76. The lowest BCUT2D eigenvalue weighted by atomic mass is 10.0. The molecule has 6 heteroatoms. The summed E-state index contributed by atoms with van der Waals surface area (Å²) in [5.41, 5.74) is 0. The molecule has 0 saturated heterocycles. The van der Waals surface area contributed by atoms with Gasteiger partial charge in [-0.1, -0.05) is 211 Å². The van der Waals surface area contributed by atoms with E-state index in [0.29, 0.717) is 19.4 Å². The molecule has 0 aromatic rings. The van der Waals surface area contributed by atoms with E-state index in [1.165, 1.54) is 148 Å². The number of unbranched alkanes of at least 4 members (excludes halogenated alkanes) is 29. The molecule has 6 nitrogen and oxygen atoms in total. The van der Waals surface area contributed by atoms with Crippen LogP contribution in [-0.2, 0) is 14.3 Å². The number of nitrogens with one attached hydrogen (secondary N) is 1. The van der Waals surface area contributed by atoms with Crippen molar-refractivity contribution in [2.75, 3.05) is 13.2 Å². The van der Waals surface area contributed by atoms with E-state index in [0.717, 1.165) is 70.6 Å². The van der Waals surface area contributed by atoms with Crippen LogP contribution in [0.25, 0.3) is 0 Å². The highest BCUT2D eigenvalue weighted by Gasteiger charge is 2.18. The van der Waals surface area contributed by atoms with Gasteiger partial charge in [-0.2, -0.15) is 0 Å². The van der Waals surface area contributed by atoms with E-state index < -0.39 is 12.1 Å². The van der Waals surface area contributed by atoms with Gasteiger partial charge in [0.05, 0.1) is 25.4 Å². The first kappa shape index (κ1) is 54.1. The Labute approximate surface area is 347 Å². The lowest BCUT2D eigenvalue weighted by Gasteiger charge is -2.20. The monoisotopic (exact) mass is 788 g/mol. The molecule has 1 amide bonds. The average Bonchev–Trinajstić information content (AvgIpc) is 3.20. The Hall–Kier alpha value is -1.92. The Bertz CT molecular complexity index is 915. The molecule has 0 rings (SSSR count). The normalized spacial score (nSPS) is 13.0. The molecule has 0 radical (unpaired) electrons. The maximum atomic E-state index is 12.4. The van der Waals surface area contributed by atoms with Gasteiger partial charge in [-0.05, 0) is 57.8 Å². The predicted octanol–water partition coefficient (Wildman–Crippen LogP) is 14.1. The van der Waals surface area contributed by atoms with Gasteiger partial charge in [-0.25, -0.2) is 0 Å². The van der Waals surface area contributed by atoms with Crippen molar-refractivity contribution in [2.24, 2.45) is 0 Å². The number of esters is 1. The first-order chi connectivity index (χ1) is 27.5. The first-order valence-electron chi connectivity index (χ1n) is 24.3. The minimum atomic E-state index is -0.863. The van der Waals surface area contributed by atoms with E-state index >= 15 is 0 Å². The van der Waals surface area contributed by atoms with Gasteiger partial charge < -0.3 is 20.3 Å². The molecule has 2 atom stereocenters. The summed E-state index contributed by atoms with van der Waals surface area (Å²) < 4.78 is 5.43. The molecule has 0 fully saturated rings. The van der Waals surface area contributed by atoms with Crippen molar-refractivity contribution < 1.29 is 24.5 Å². The van der Waals surface area contributed by atoms with Crippen LogP contribution >= 0.6 is 0 Å². The molecule has 0 aliphatic heterocycles. The van der Waals surface area contributed by atoms with E-state index in [1.807, 2.05) is 6.08 Å². The second kappa shape index (κ2) is 45.8. The highest BCUT2D eigenvalue weighted by Crippen LogP contribution is 2.15. The van der Waals surface area contributed by atoms with Gasteiger partial charge in [0.25, 0.3) is 0 Å². The fourth-order valence-corrected chi connectivity index (χ4v) is 7.14. The van der Waals surface area contributed by atoms with E-state index in [9.17, 15) is 19.8 Å². The van der Waals surface area contributed by atoms with Crippen molar-refractivity contribution in [1.82, 2.24) is 5.32 Å². The Morgan fingerprint density at radius 2 is 0.929 bits per heavy atom. The van der Waals surface area contributed by atoms with Crippen LogP contribution in [0.15, 0.2) is 36.5 Å². The zero-order valence-corrected chi connectivity index (χ0v) is 37.1. The number of hydrogen-bond donors (Lipinski definition) is 3. The molecular weight excluding hydrogens is 695 g/mol. The molecule has 0 spiro atoms. The standard InChI is InChI=1S/C50H93NO5/c1-3-5-7-9-11-13-15-17-18-19-20-22-23-26-30-34-38-42-48(53)47(46-52)51-49(54)43-39-35-31-27-25-29-33-37-41-45-56-50(55)44-40-36-32-28-24-21-16-14-12-10-8-6-4-2/h8,10,14,16,38,42,47-48,52-53H,3-7,9,11-13,15,17-37,39-41,43-46H2,1-2H3,(H,51,54)/b10-8-,16-14-,42-38+. The van der Waals surface area contributed by atoms with Crippen LogP contribution in [0.1, 0.15) is 245 Å². The van der Waals surface area contributed by atoms with Crippen molar-refractivity contribution in [2.45, 2.75) is 257 Å². The van der Waals surface area contributed by atoms with Gasteiger partial charge >= 0.3 is 5.97 Å². The number of amides is 1. The van der Waals surface area contributed by atoms with Crippen LogP contribution in [0.3, 0.4) is 0 Å². The molecule has 328 valence electrons. The lowest BCUT2D eigenvalue weighted by Crippen LogP contribution is -2.45. The topological polar surface area (TPSA) is 95.9 Å². The maximum Gasteiger partial charge on any atom is 0.305 e. The number of ether oxygens (including phenoxy) is 1. The number of aliphatic hydroxyl groups excluding tert-OH is 2. The maximum absolute atomic E-state index is 12.4.